The van der Waals surface area contributed by atoms with Gasteiger partial charge in [0.1, 0.15) is 0 Å². The van der Waals surface area contributed by atoms with Crippen molar-refractivity contribution in [3.8, 4) is 10.4 Å². The summed E-state index contributed by atoms with van der Waals surface area (Å²) < 4.78 is 0. The number of benzene rings is 1. The number of fused-ring (bicyclic) bond motifs is 3. The minimum atomic E-state index is -0.0576. The van der Waals surface area contributed by atoms with E-state index >= 15 is 0 Å². The lowest BCUT2D eigenvalue weighted by molar-refractivity contribution is 0.0462. The lowest BCUT2D eigenvalue weighted by atomic mass is 9.82. The Kier molecular flexibility index (Phi) is 4.25. The molecule has 2 aromatic heterocycles. The first-order valence-corrected chi connectivity index (χ1v) is 10.6. The van der Waals surface area contributed by atoms with Crippen molar-refractivity contribution in [2.24, 2.45) is 0 Å². The lowest BCUT2D eigenvalue weighted by Gasteiger charge is -2.47. The molecule has 2 saturated heterocycles. The van der Waals surface area contributed by atoms with Gasteiger partial charge in [0.15, 0.2) is 5.69 Å². The molecule has 0 saturated carbocycles. The van der Waals surface area contributed by atoms with Crippen LogP contribution in [-0.4, -0.2) is 46.2 Å². The zero-order valence-corrected chi connectivity index (χ0v) is 16.3. The molecule has 0 radical (unpaired) electrons. The zero-order valence-electron chi connectivity index (χ0n) is 15.4. The van der Waals surface area contributed by atoms with Gasteiger partial charge in [-0.15, -0.1) is 11.3 Å². The van der Waals surface area contributed by atoms with Gasteiger partial charge in [-0.05, 0) is 61.9 Å². The van der Waals surface area contributed by atoms with E-state index in [1.165, 1.54) is 24.1 Å². The molecule has 2 aliphatic heterocycles. The molecule has 3 atom stereocenters. The van der Waals surface area contributed by atoms with Gasteiger partial charge in [-0.1, -0.05) is 18.6 Å². The Labute approximate surface area is 162 Å². The second-order valence-electron chi connectivity index (χ2n) is 7.86. The Bertz CT molecular complexity index is 950. The maximum atomic E-state index is 12.9. The molecule has 2 aliphatic rings. The molecule has 3 aromatic rings. The summed E-state index contributed by atoms with van der Waals surface area (Å²) in [4.78, 5) is 16.6. The first kappa shape index (κ1) is 17.0. The van der Waals surface area contributed by atoms with Crippen LogP contribution < -0.4 is 5.32 Å². The molecule has 1 amide bonds. The second-order valence-corrected chi connectivity index (χ2v) is 8.80. The summed E-state index contributed by atoms with van der Waals surface area (Å²) >= 11 is 1.71. The van der Waals surface area contributed by atoms with Crippen LogP contribution in [0, 0.1) is 0 Å². The van der Waals surface area contributed by atoms with Crippen molar-refractivity contribution in [2.75, 3.05) is 7.05 Å². The van der Waals surface area contributed by atoms with E-state index in [1.54, 1.807) is 11.3 Å². The van der Waals surface area contributed by atoms with Crippen LogP contribution in [0.4, 0.5) is 0 Å². The number of aromatic amines is 1. The van der Waals surface area contributed by atoms with Gasteiger partial charge in [0.25, 0.3) is 5.91 Å². The predicted octanol–water partition coefficient (Wildman–Crippen LogP) is 4.04. The topological polar surface area (TPSA) is 61.0 Å². The van der Waals surface area contributed by atoms with Crippen molar-refractivity contribution in [2.45, 2.75) is 50.2 Å². The summed E-state index contributed by atoms with van der Waals surface area (Å²) in [6.45, 7) is 0. The molecular formula is C21H24N4OS. The molecule has 27 heavy (non-hydrogen) atoms. The largest absolute Gasteiger partial charge is 0.348 e. The standard InChI is InChI=1S/C21H24N4OS/c1-25-15-4-2-5-16(25)12-14(11-15)22-21(26)20-17-8-7-13(10-18(17)23-24-20)19-6-3-9-27-19/h3,6-10,14-16H,2,4-5,11-12H2,1H3,(H,22,26)(H,23,24)/t14?,15-,16+. The molecule has 4 heterocycles. The lowest BCUT2D eigenvalue weighted by Crippen LogP contribution is -2.55. The summed E-state index contributed by atoms with van der Waals surface area (Å²) in [5, 5.41) is 13.6. The number of piperidine rings is 2. The third-order valence-corrected chi connectivity index (χ3v) is 7.18. The molecule has 0 spiro atoms. The number of H-pyrrole nitrogens is 1. The third-order valence-electron chi connectivity index (χ3n) is 6.26. The molecular weight excluding hydrogens is 356 g/mol. The van der Waals surface area contributed by atoms with Gasteiger partial charge < -0.3 is 10.2 Å². The predicted molar refractivity (Wildman–Crippen MR) is 109 cm³/mol. The molecule has 6 heteroatoms. The highest BCUT2D eigenvalue weighted by Crippen LogP contribution is 2.33. The van der Waals surface area contributed by atoms with Crippen LogP contribution in [0.5, 0.6) is 0 Å². The molecule has 5 rings (SSSR count). The number of aromatic nitrogens is 2. The highest BCUT2D eigenvalue weighted by Gasteiger charge is 2.36. The summed E-state index contributed by atoms with van der Waals surface area (Å²) in [7, 11) is 2.24. The van der Waals surface area contributed by atoms with E-state index in [1.807, 2.05) is 12.1 Å². The van der Waals surface area contributed by atoms with Crippen molar-refractivity contribution in [3.63, 3.8) is 0 Å². The summed E-state index contributed by atoms with van der Waals surface area (Å²) in [5.41, 5.74) is 2.56. The highest BCUT2D eigenvalue weighted by molar-refractivity contribution is 7.13. The fourth-order valence-corrected chi connectivity index (χ4v) is 5.50. The number of rotatable bonds is 3. The van der Waals surface area contributed by atoms with Gasteiger partial charge in [0.05, 0.1) is 5.52 Å². The number of amides is 1. The van der Waals surface area contributed by atoms with Crippen LogP contribution in [0.15, 0.2) is 35.7 Å². The van der Waals surface area contributed by atoms with Crippen LogP contribution >= 0.6 is 11.3 Å². The van der Waals surface area contributed by atoms with Crippen LogP contribution in [0.2, 0.25) is 0 Å². The summed E-state index contributed by atoms with van der Waals surface area (Å²) in [6, 6.07) is 11.8. The molecule has 1 unspecified atom stereocenters. The zero-order chi connectivity index (χ0) is 18.4. The molecule has 1 aromatic carbocycles. The minimum Gasteiger partial charge on any atom is -0.348 e. The molecule has 2 N–H and O–H groups in total. The van der Waals surface area contributed by atoms with Crippen LogP contribution in [-0.2, 0) is 0 Å². The first-order valence-electron chi connectivity index (χ1n) is 9.74. The number of nitrogens with one attached hydrogen (secondary N) is 2. The number of hydrogen-bond acceptors (Lipinski definition) is 4. The first-order chi connectivity index (χ1) is 13.2. The Morgan fingerprint density at radius 2 is 2.07 bits per heavy atom. The maximum absolute atomic E-state index is 12.9. The van der Waals surface area contributed by atoms with Gasteiger partial charge >= 0.3 is 0 Å². The van der Waals surface area contributed by atoms with E-state index in [-0.39, 0.29) is 11.9 Å². The summed E-state index contributed by atoms with van der Waals surface area (Å²) in [6.07, 6.45) is 5.90. The monoisotopic (exact) mass is 380 g/mol. The van der Waals surface area contributed by atoms with Gasteiger partial charge in [-0.25, -0.2) is 0 Å². The van der Waals surface area contributed by atoms with Crippen molar-refractivity contribution < 1.29 is 4.79 Å². The van der Waals surface area contributed by atoms with Crippen molar-refractivity contribution >= 4 is 28.1 Å². The maximum Gasteiger partial charge on any atom is 0.272 e. The normalized spacial score (nSPS) is 25.6. The second kappa shape index (κ2) is 6.77. The average Bonchev–Trinajstić information content (AvgIpc) is 3.31. The minimum absolute atomic E-state index is 0.0576. The average molecular weight is 381 g/mol. The third kappa shape index (κ3) is 3.07. The number of nitrogens with zero attached hydrogens (tertiary/aromatic N) is 2. The molecule has 0 aliphatic carbocycles. The van der Waals surface area contributed by atoms with Crippen molar-refractivity contribution in [3.05, 3.63) is 41.4 Å². The Balaban J connectivity index is 1.35. The van der Waals surface area contributed by atoms with E-state index < -0.39 is 0 Å². The Morgan fingerprint density at radius 3 is 2.81 bits per heavy atom. The Hall–Kier alpha value is -2.18. The number of carbonyl (C=O) groups is 1. The van der Waals surface area contributed by atoms with E-state index in [4.69, 9.17) is 0 Å². The number of thiophene rings is 1. The fraction of sp³-hybridized carbons (Fsp3) is 0.429. The smallest absolute Gasteiger partial charge is 0.272 e. The van der Waals surface area contributed by atoms with Gasteiger partial charge in [0, 0.05) is 28.4 Å². The van der Waals surface area contributed by atoms with E-state index in [9.17, 15) is 4.79 Å². The van der Waals surface area contributed by atoms with Crippen molar-refractivity contribution in [1.82, 2.24) is 20.4 Å². The van der Waals surface area contributed by atoms with E-state index in [0.29, 0.717) is 17.8 Å². The van der Waals surface area contributed by atoms with Crippen LogP contribution in [0.3, 0.4) is 0 Å². The van der Waals surface area contributed by atoms with Crippen LogP contribution in [0.25, 0.3) is 21.3 Å². The molecule has 2 bridgehead atoms. The van der Waals surface area contributed by atoms with Gasteiger partial charge in [0.2, 0.25) is 0 Å². The number of carbonyl (C=O) groups excluding carboxylic acids is 1. The fourth-order valence-electron chi connectivity index (χ4n) is 4.78. The molecule has 2 fully saturated rings. The quantitative estimate of drug-likeness (QED) is 0.721. The van der Waals surface area contributed by atoms with Crippen molar-refractivity contribution in [1.29, 1.82) is 0 Å². The van der Waals surface area contributed by atoms with E-state index in [2.05, 4.69) is 51.0 Å². The Morgan fingerprint density at radius 1 is 1.26 bits per heavy atom. The van der Waals surface area contributed by atoms with Crippen LogP contribution in [0.1, 0.15) is 42.6 Å². The van der Waals surface area contributed by atoms with E-state index in [0.717, 1.165) is 29.3 Å². The number of hydrogen-bond donors (Lipinski definition) is 2. The molecule has 5 nitrogen and oxygen atoms in total. The SMILES string of the molecule is CN1[C@@H]2CCC[C@H]1CC(NC(=O)c1n[nH]c3cc(-c4cccs4)ccc13)C2. The van der Waals surface area contributed by atoms with Gasteiger partial charge in [-0.2, -0.15) is 5.10 Å². The summed E-state index contributed by atoms with van der Waals surface area (Å²) in [5.74, 6) is -0.0576. The molecule has 140 valence electrons. The van der Waals surface area contributed by atoms with Gasteiger partial charge in [-0.3, -0.25) is 9.89 Å². The highest BCUT2D eigenvalue weighted by atomic mass is 32.1.